The van der Waals surface area contributed by atoms with Gasteiger partial charge in [0.15, 0.2) is 6.10 Å². The van der Waals surface area contributed by atoms with E-state index in [0.717, 1.165) is 10.8 Å². The molecule has 1 unspecified atom stereocenters. The van der Waals surface area contributed by atoms with E-state index in [2.05, 4.69) is 5.32 Å². The summed E-state index contributed by atoms with van der Waals surface area (Å²) in [6.45, 7) is 1.49. The lowest BCUT2D eigenvalue weighted by Gasteiger charge is -2.15. The highest BCUT2D eigenvalue weighted by Crippen LogP contribution is 2.29. The minimum absolute atomic E-state index is 0.0899. The van der Waals surface area contributed by atoms with Crippen LogP contribution in [0.3, 0.4) is 0 Å². The SMILES string of the molecule is COc1cc(N)c(Cl)cc1C(=O)OC(C)C(=O)Nc1ccc2ccccc2c1. The molecule has 3 aromatic carbocycles. The summed E-state index contributed by atoms with van der Waals surface area (Å²) in [5.74, 6) is -0.974. The van der Waals surface area contributed by atoms with Crippen molar-refractivity contribution in [2.24, 2.45) is 0 Å². The molecule has 0 radical (unpaired) electrons. The number of esters is 1. The number of halogens is 1. The number of nitrogens with two attached hydrogens (primary N) is 1. The molecule has 1 amide bonds. The number of carbonyl (C=O) groups excluding carboxylic acids is 2. The van der Waals surface area contributed by atoms with Crippen molar-refractivity contribution < 1.29 is 19.1 Å². The second kappa shape index (κ2) is 8.19. The summed E-state index contributed by atoms with van der Waals surface area (Å²) in [5.41, 5.74) is 6.69. The highest BCUT2D eigenvalue weighted by molar-refractivity contribution is 6.33. The number of hydrogen-bond donors (Lipinski definition) is 2. The van der Waals surface area contributed by atoms with E-state index in [1.54, 1.807) is 6.07 Å². The standard InChI is InChI=1S/C21H19ClN2O4/c1-12(28-21(26)16-10-17(22)18(23)11-19(16)27-2)20(25)24-15-8-7-13-5-3-4-6-14(13)9-15/h3-12H,23H2,1-2H3,(H,24,25). The Morgan fingerprint density at radius 3 is 2.50 bits per heavy atom. The zero-order valence-corrected chi connectivity index (χ0v) is 16.1. The highest BCUT2D eigenvalue weighted by Gasteiger charge is 2.22. The Hall–Kier alpha value is -3.25. The van der Waals surface area contributed by atoms with Crippen LogP contribution >= 0.6 is 11.6 Å². The van der Waals surface area contributed by atoms with Gasteiger partial charge in [0.05, 0.1) is 17.8 Å². The summed E-state index contributed by atoms with van der Waals surface area (Å²) < 4.78 is 10.4. The third-order valence-electron chi connectivity index (χ3n) is 4.21. The molecule has 0 aliphatic carbocycles. The summed E-state index contributed by atoms with van der Waals surface area (Å²) in [6.07, 6.45) is -1.03. The smallest absolute Gasteiger partial charge is 0.342 e. The first-order chi connectivity index (χ1) is 13.4. The second-order valence-electron chi connectivity index (χ2n) is 6.17. The molecule has 0 heterocycles. The minimum Gasteiger partial charge on any atom is -0.496 e. The molecular weight excluding hydrogens is 380 g/mol. The molecule has 0 fully saturated rings. The number of amides is 1. The fourth-order valence-electron chi connectivity index (χ4n) is 2.69. The molecule has 3 N–H and O–H groups in total. The number of benzene rings is 3. The molecule has 0 saturated carbocycles. The van der Waals surface area contributed by atoms with E-state index in [1.807, 2.05) is 36.4 Å². The predicted octanol–water partition coefficient (Wildman–Crippen LogP) is 4.27. The first-order valence-corrected chi connectivity index (χ1v) is 8.90. The summed E-state index contributed by atoms with van der Waals surface area (Å²) in [6, 6.07) is 16.1. The average molecular weight is 399 g/mol. The molecule has 0 spiro atoms. The first-order valence-electron chi connectivity index (χ1n) is 8.52. The fourth-order valence-corrected chi connectivity index (χ4v) is 2.85. The van der Waals surface area contributed by atoms with Crippen molar-refractivity contribution >= 4 is 45.6 Å². The van der Waals surface area contributed by atoms with Crippen LogP contribution in [0.2, 0.25) is 5.02 Å². The van der Waals surface area contributed by atoms with Crippen LogP contribution in [-0.4, -0.2) is 25.1 Å². The number of ether oxygens (including phenoxy) is 2. The molecule has 3 rings (SSSR count). The van der Waals surface area contributed by atoms with Gasteiger partial charge >= 0.3 is 5.97 Å². The Labute approximate surface area is 167 Å². The number of carbonyl (C=O) groups is 2. The van der Waals surface area contributed by atoms with Gasteiger partial charge in [-0.05, 0) is 35.9 Å². The van der Waals surface area contributed by atoms with Crippen molar-refractivity contribution in [3.8, 4) is 5.75 Å². The molecule has 6 nitrogen and oxygen atoms in total. The fraction of sp³-hybridized carbons (Fsp3) is 0.143. The van der Waals surface area contributed by atoms with Gasteiger partial charge in [0, 0.05) is 11.8 Å². The second-order valence-corrected chi connectivity index (χ2v) is 6.58. The maximum Gasteiger partial charge on any atom is 0.342 e. The molecule has 144 valence electrons. The van der Waals surface area contributed by atoms with Gasteiger partial charge in [0.1, 0.15) is 11.3 Å². The molecule has 0 aliphatic rings. The molecule has 0 bridgehead atoms. The predicted molar refractivity (Wildman–Crippen MR) is 110 cm³/mol. The van der Waals surface area contributed by atoms with Gasteiger partial charge in [-0.1, -0.05) is 41.9 Å². The maximum absolute atomic E-state index is 12.4. The Bertz CT molecular complexity index is 1050. The molecule has 0 saturated heterocycles. The molecule has 0 aliphatic heterocycles. The average Bonchev–Trinajstić information content (AvgIpc) is 2.69. The molecule has 3 aromatic rings. The van der Waals surface area contributed by atoms with Crippen LogP contribution < -0.4 is 15.8 Å². The van der Waals surface area contributed by atoms with Gasteiger partial charge in [-0.3, -0.25) is 4.79 Å². The van der Waals surface area contributed by atoms with E-state index in [-0.39, 0.29) is 22.0 Å². The monoisotopic (exact) mass is 398 g/mol. The summed E-state index contributed by atoms with van der Waals surface area (Å²) in [4.78, 5) is 24.9. The Balaban J connectivity index is 1.71. The van der Waals surface area contributed by atoms with E-state index >= 15 is 0 Å². The third-order valence-corrected chi connectivity index (χ3v) is 4.54. The van der Waals surface area contributed by atoms with E-state index in [9.17, 15) is 9.59 Å². The number of hydrogen-bond acceptors (Lipinski definition) is 5. The highest BCUT2D eigenvalue weighted by atomic mass is 35.5. The van der Waals surface area contributed by atoms with Gasteiger partial charge in [-0.2, -0.15) is 0 Å². The van der Waals surface area contributed by atoms with Gasteiger partial charge in [0.25, 0.3) is 5.91 Å². The molecule has 7 heteroatoms. The van der Waals surface area contributed by atoms with Crippen LogP contribution in [0.1, 0.15) is 17.3 Å². The number of fused-ring (bicyclic) bond motifs is 1. The quantitative estimate of drug-likeness (QED) is 0.494. The van der Waals surface area contributed by atoms with Crippen molar-refractivity contribution in [3.63, 3.8) is 0 Å². The molecular formula is C21H19ClN2O4. The van der Waals surface area contributed by atoms with Crippen molar-refractivity contribution in [1.29, 1.82) is 0 Å². The third kappa shape index (κ3) is 4.18. The zero-order valence-electron chi connectivity index (χ0n) is 15.4. The number of anilines is 2. The van der Waals surface area contributed by atoms with Crippen LogP contribution in [0.4, 0.5) is 11.4 Å². The van der Waals surface area contributed by atoms with Crippen LogP contribution in [-0.2, 0) is 9.53 Å². The van der Waals surface area contributed by atoms with Crippen molar-refractivity contribution in [2.45, 2.75) is 13.0 Å². The number of nitrogens with one attached hydrogen (secondary N) is 1. The first kappa shape index (κ1) is 19.5. The van der Waals surface area contributed by atoms with Crippen LogP contribution in [0.25, 0.3) is 10.8 Å². The molecule has 28 heavy (non-hydrogen) atoms. The summed E-state index contributed by atoms with van der Waals surface area (Å²) in [7, 11) is 1.40. The van der Waals surface area contributed by atoms with Gasteiger partial charge in [0.2, 0.25) is 0 Å². The lowest BCUT2D eigenvalue weighted by atomic mass is 10.1. The van der Waals surface area contributed by atoms with Gasteiger partial charge in [-0.25, -0.2) is 4.79 Å². The summed E-state index contributed by atoms with van der Waals surface area (Å²) in [5, 5.41) is 5.00. The molecule has 1 atom stereocenters. The Kier molecular flexibility index (Phi) is 5.70. The van der Waals surface area contributed by atoms with Crippen molar-refractivity contribution in [3.05, 3.63) is 65.2 Å². The zero-order chi connectivity index (χ0) is 20.3. The normalized spacial score (nSPS) is 11.7. The number of rotatable bonds is 5. The van der Waals surface area contributed by atoms with E-state index in [4.69, 9.17) is 26.8 Å². The van der Waals surface area contributed by atoms with Crippen LogP contribution in [0.15, 0.2) is 54.6 Å². The minimum atomic E-state index is -1.03. The van der Waals surface area contributed by atoms with Crippen LogP contribution in [0, 0.1) is 0 Å². The number of nitrogen functional groups attached to an aromatic ring is 1. The molecule has 0 aromatic heterocycles. The van der Waals surface area contributed by atoms with E-state index in [1.165, 1.54) is 26.2 Å². The number of methoxy groups -OCH3 is 1. The van der Waals surface area contributed by atoms with Crippen LogP contribution in [0.5, 0.6) is 5.75 Å². The van der Waals surface area contributed by atoms with Gasteiger partial charge in [-0.15, -0.1) is 0 Å². The largest absolute Gasteiger partial charge is 0.496 e. The Morgan fingerprint density at radius 2 is 1.79 bits per heavy atom. The van der Waals surface area contributed by atoms with E-state index in [0.29, 0.717) is 5.69 Å². The van der Waals surface area contributed by atoms with Crippen molar-refractivity contribution in [1.82, 2.24) is 0 Å². The van der Waals surface area contributed by atoms with E-state index < -0.39 is 18.0 Å². The summed E-state index contributed by atoms with van der Waals surface area (Å²) >= 11 is 5.97. The topological polar surface area (TPSA) is 90.7 Å². The van der Waals surface area contributed by atoms with Crippen molar-refractivity contribution in [2.75, 3.05) is 18.2 Å². The lowest BCUT2D eigenvalue weighted by Crippen LogP contribution is -2.30. The Morgan fingerprint density at radius 1 is 1.07 bits per heavy atom. The lowest BCUT2D eigenvalue weighted by molar-refractivity contribution is -0.123. The van der Waals surface area contributed by atoms with Gasteiger partial charge < -0.3 is 20.5 Å². The maximum atomic E-state index is 12.4.